The van der Waals surface area contributed by atoms with Crippen LogP contribution in [-0.4, -0.2) is 31.8 Å². The molecule has 7 heteroatoms. The molecule has 1 amide bonds. The molecule has 0 fully saturated rings. The highest BCUT2D eigenvalue weighted by atomic mass is 16.5. The molecule has 3 aromatic heterocycles. The van der Waals surface area contributed by atoms with Crippen molar-refractivity contribution in [3.05, 3.63) is 66.7 Å². The van der Waals surface area contributed by atoms with Crippen LogP contribution in [0.4, 0.5) is 0 Å². The first-order valence-electron chi connectivity index (χ1n) is 7.60. The highest BCUT2D eigenvalue weighted by Crippen LogP contribution is 2.19. The number of hydrogen-bond donors (Lipinski definition) is 1. The molecule has 0 spiro atoms. The molecule has 0 radical (unpaired) electrons. The maximum atomic E-state index is 12.2. The van der Waals surface area contributed by atoms with E-state index in [1.165, 1.54) is 0 Å². The minimum Gasteiger partial charge on any atom is -0.355 e. The van der Waals surface area contributed by atoms with Gasteiger partial charge in [-0.05, 0) is 0 Å². The summed E-state index contributed by atoms with van der Waals surface area (Å²) in [5.74, 6) is 0.324. The zero-order valence-corrected chi connectivity index (χ0v) is 12.8. The van der Waals surface area contributed by atoms with Crippen LogP contribution in [0.25, 0.3) is 17.0 Å². The molecule has 3 heterocycles. The summed E-state index contributed by atoms with van der Waals surface area (Å²) in [6.45, 7) is 1.14. The lowest BCUT2D eigenvalue weighted by Gasteiger charge is -2.04. The number of nitrogens with zero attached hydrogens (tertiary/aromatic N) is 4. The molecule has 0 aliphatic heterocycles. The Hall–Kier alpha value is -3.35. The molecule has 7 nitrogen and oxygen atoms in total. The summed E-state index contributed by atoms with van der Waals surface area (Å²) in [5, 5.41) is 10.8. The minimum atomic E-state index is -0.252. The third-order valence-electron chi connectivity index (χ3n) is 3.77. The Balaban J connectivity index is 1.38. The Morgan fingerprint density at radius 2 is 2.04 bits per heavy atom. The van der Waals surface area contributed by atoms with E-state index in [1.807, 2.05) is 53.4 Å². The fourth-order valence-electron chi connectivity index (χ4n) is 2.56. The molecule has 0 unspecified atom stereocenters. The molecular formula is C17H15N5O2. The monoisotopic (exact) mass is 321 g/mol. The molecule has 0 aliphatic rings. The number of aromatic nitrogens is 4. The third kappa shape index (κ3) is 2.67. The molecule has 0 aliphatic carbocycles. The van der Waals surface area contributed by atoms with Gasteiger partial charge in [0.1, 0.15) is 5.65 Å². The van der Waals surface area contributed by atoms with Crippen molar-refractivity contribution in [3.8, 4) is 11.3 Å². The van der Waals surface area contributed by atoms with Gasteiger partial charge in [0, 0.05) is 43.2 Å². The fourth-order valence-corrected chi connectivity index (χ4v) is 2.56. The molecule has 4 aromatic rings. The van der Waals surface area contributed by atoms with Crippen LogP contribution in [0.1, 0.15) is 10.5 Å². The zero-order valence-electron chi connectivity index (χ0n) is 12.8. The van der Waals surface area contributed by atoms with Crippen molar-refractivity contribution in [2.45, 2.75) is 6.54 Å². The molecule has 0 bridgehead atoms. The smallest absolute Gasteiger partial charge is 0.273 e. The fraction of sp³-hybridized carbons (Fsp3) is 0.118. The summed E-state index contributed by atoms with van der Waals surface area (Å²) in [6, 6.07) is 13.1. The Labute approximate surface area is 137 Å². The molecule has 0 saturated heterocycles. The summed E-state index contributed by atoms with van der Waals surface area (Å²) in [6.07, 6.45) is 5.55. The van der Waals surface area contributed by atoms with E-state index in [2.05, 4.69) is 15.6 Å². The molecule has 0 saturated carbocycles. The quantitative estimate of drug-likeness (QED) is 0.611. The standard InChI is InChI=1S/C17H15N5O2/c23-17(14-12-15(24-20-14)13-4-2-1-3-5-13)18-8-9-21-10-11-22-16(21)6-7-19-22/h1-7,10-12H,8-9H2,(H,18,23). The van der Waals surface area contributed by atoms with Gasteiger partial charge in [0.2, 0.25) is 0 Å². The van der Waals surface area contributed by atoms with Crippen LogP contribution in [0.2, 0.25) is 0 Å². The normalized spacial score (nSPS) is 11.0. The Morgan fingerprint density at radius 1 is 1.17 bits per heavy atom. The predicted molar refractivity (Wildman–Crippen MR) is 87.5 cm³/mol. The topological polar surface area (TPSA) is 77.4 Å². The van der Waals surface area contributed by atoms with E-state index in [1.54, 1.807) is 16.8 Å². The minimum absolute atomic E-state index is 0.252. The summed E-state index contributed by atoms with van der Waals surface area (Å²) in [4.78, 5) is 12.2. The van der Waals surface area contributed by atoms with Crippen LogP contribution < -0.4 is 5.32 Å². The number of nitrogens with one attached hydrogen (secondary N) is 1. The third-order valence-corrected chi connectivity index (χ3v) is 3.77. The molecule has 0 atom stereocenters. The second-order valence-electron chi connectivity index (χ2n) is 5.32. The Kier molecular flexibility index (Phi) is 3.59. The summed E-state index contributed by atoms with van der Waals surface area (Å²) < 4.78 is 9.05. The summed E-state index contributed by atoms with van der Waals surface area (Å²) in [7, 11) is 0. The predicted octanol–water partition coefficient (Wildman–Crippen LogP) is 2.22. The number of carbonyl (C=O) groups excluding carboxylic acids is 1. The van der Waals surface area contributed by atoms with E-state index < -0.39 is 0 Å². The lowest BCUT2D eigenvalue weighted by molar-refractivity contribution is 0.0943. The molecule has 1 N–H and O–H groups in total. The van der Waals surface area contributed by atoms with Crippen LogP contribution in [0.15, 0.2) is 65.6 Å². The number of amides is 1. The second-order valence-corrected chi connectivity index (χ2v) is 5.32. The van der Waals surface area contributed by atoms with E-state index in [0.717, 1.165) is 11.2 Å². The van der Waals surface area contributed by atoms with Gasteiger partial charge >= 0.3 is 0 Å². The van der Waals surface area contributed by atoms with Crippen molar-refractivity contribution in [2.24, 2.45) is 0 Å². The second kappa shape index (κ2) is 6.04. The Morgan fingerprint density at radius 3 is 2.92 bits per heavy atom. The first-order valence-corrected chi connectivity index (χ1v) is 7.60. The van der Waals surface area contributed by atoms with Crippen LogP contribution in [0, 0.1) is 0 Å². The average molecular weight is 321 g/mol. The summed E-state index contributed by atoms with van der Waals surface area (Å²) in [5.41, 5.74) is 2.15. The van der Waals surface area contributed by atoms with Crippen molar-refractivity contribution in [2.75, 3.05) is 6.54 Å². The SMILES string of the molecule is O=C(NCCn1ccn2nccc12)c1cc(-c2ccccc2)on1. The van der Waals surface area contributed by atoms with Crippen LogP contribution in [0.3, 0.4) is 0 Å². The number of hydrogen-bond acceptors (Lipinski definition) is 4. The molecule has 1 aromatic carbocycles. The van der Waals surface area contributed by atoms with Gasteiger partial charge in [-0.3, -0.25) is 4.79 Å². The van der Waals surface area contributed by atoms with Crippen molar-refractivity contribution in [1.29, 1.82) is 0 Å². The van der Waals surface area contributed by atoms with Gasteiger partial charge in [-0.2, -0.15) is 5.10 Å². The van der Waals surface area contributed by atoms with Gasteiger partial charge in [0.25, 0.3) is 5.91 Å². The first-order chi connectivity index (χ1) is 11.8. The van der Waals surface area contributed by atoms with Crippen LogP contribution in [0.5, 0.6) is 0 Å². The van der Waals surface area contributed by atoms with Gasteiger partial charge in [-0.1, -0.05) is 35.5 Å². The van der Waals surface area contributed by atoms with Crippen LogP contribution in [-0.2, 0) is 6.54 Å². The average Bonchev–Trinajstić information content (AvgIpc) is 3.33. The molecule has 120 valence electrons. The van der Waals surface area contributed by atoms with Gasteiger partial charge in [0.15, 0.2) is 11.5 Å². The highest BCUT2D eigenvalue weighted by Gasteiger charge is 2.13. The highest BCUT2D eigenvalue weighted by molar-refractivity contribution is 5.93. The van der Waals surface area contributed by atoms with Gasteiger partial charge in [0.05, 0.1) is 6.20 Å². The number of benzene rings is 1. The first kappa shape index (κ1) is 14.3. The van der Waals surface area contributed by atoms with Crippen molar-refractivity contribution in [1.82, 2.24) is 24.7 Å². The largest absolute Gasteiger partial charge is 0.355 e. The maximum absolute atomic E-state index is 12.2. The summed E-state index contributed by atoms with van der Waals surface area (Å²) >= 11 is 0. The van der Waals surface area contributed by atoms with Crippen molar-refractivity contribution >= 4 is 11.6 Å². The Bertz CT molecular complexity index is 967. The number of fused-ring (bicyclic) bond motifs is 1. The molecule has 24 heavy (non-hydrogen) atoms. The lowest BCUT2D eigenvalue weighted by Crippen LogP contribution is -2.27. The van der Waals surface area contributed by atoms with E-state index in [9.17, 15) is 4.79 Å². The van der Waals surface area contributed by atoms with E-state index in [4.69, 9.17) is 4.52 Å². The van der Waals surface area contributed by atoms with Crippen LogP contribution >= 0.6 is 0 Å². The van der Waals surface area contributed by atoms with E-state index >= 15 is 0 Å². The van der Waals surface area contributed by atoms with E-state index in [0.29, 0.717) is 18.8 Å². The lowest BCUT2D eigenvalue weighted by atomic mass is 10.1. The molecular weight excluding hydrogens is 306 g/mol. The molecule has 4 rings (SSSR count). The number of rotatable bonds is 5. The number of imidazole rings is 1. The van der Waals surface area contributed by atoms with Gasteiger partial charge in [-0.15, -0.1) is 0 Å². The van der Waals surface area contributed by atoms with E-state index in [-0.39, 0.29) is 11.6 Å². The number of carbonyl (C=O) groups is 1. The van der Waals surface area contributed by atoms with Crippen molar-refractivity contribution < 1.29 is 9.32 Å². The maximum Gasteiger partial charge on any atom is 0.273 e. The zero-order chi connectivity index (χ0) is 16.4. The van der Waals surface area contributed by atoms with Gasteiger partial charge in [-0.25, -0.2) is 4.52 Å². The van der Waals surface area contributed by atoms with Crippen molar-refractivity contribution in [3.63, 3.8) is 0 Å². The van der Waals surface area contributed by atoms with Gasteiger partial charge < -0.3 is 14.4 Å².